The van der Waals surface area contributed by atoms with Crippen LogP contribution in [0.4, 0.5) is 11.4 Å². The van der Waals surface area contributed by atoms with Gasteiger partial charge in [-0.1, -0.05) is 30.3 Å². The molecule has 0 N–H and O–H groups in total. The summed E-state index contributed by atoms with van der Waals surface area (Å²) in [5.74, 6) is -0.746. The van der Waals surface area contributed by atoms with Gasteiger partial charge in [0.25, 0.3) is 5.69 Å². The van der Waals surface area contributed by atoms with Crippen molar-refractivity contribution in [1.29, 1.82) is 0 Å². The third-order valence-corrected chi connectivity index (χ3v) is 3.59. The van der Waals surface area contributed by atoms with Crippen LogP contribution in [0.15, 0.2) is 48.5 Å². The number of hydrogen-bond donors (Lipinski definition) is 0. The van der Waals surface area contributed by atoms with Gasteiger partial charge in [0.05, 0.1) is 10.8 Å². The SMILES string of the molecule is CC(=O)C(c1ccc(N(C)C)cc1)c1ccccc1[N+](=O)[O-]. The first-order chi connectivity index (χ1) is 10.4. The van der Waals surface area contributed by atoms with Gasteiger partial charge >= 0.3 is 0 Å². The number of Topliss-reactive ketones (excluding diaryl/α,β-unsaturated/α-hetero) is 1. The zero-order valence-electron chi connectivity index (χ0n) is 12.8. The summed E-state index contributed by atoms with van der Waals surface area (Å²) in [5, 5.41) is 11.2. The summed E-state index contributed by atoms with van der Waals surface area (Å²) >= 11 is 0. The van der Waals surface area contributed by atoms with Gasteiger partial charge in [0.15, 0.2) is 0 Å². The molecule has 0 fully saturated rings. The second-order valence-electron chi connectivity index (χ2n) is 5.35. The van der Waals surface area contributed by atoms with E-state index in [4.69, 9.17) is 0 Å². The molecule has 0 saturated carbocycles. The number of ketones is 1. The Morgan fingerprint density at radius 2 is 1.68 bits per heavy atom. The maximum atomic E-state index is 12.1. The number of hydrogen-bond acceptors (Lipinski definition) is 4. The number of nitrogens with zero attached hydrogens (tertiary/aromatic N) is 2. The highest BCUT2D eigenvalue weighted by molar-refractivity contribution is 5.88. The van der Waals surface area contributed by atoms with Crippen molar-refractivity contribution in [3.8, 4) is 0 Å². The van der Waals surface area contributed by atoms with Gasteiger partial charge in [0, 0.05) is 31.4 Å². The molecule has 2 rings (SSSR count). The van der Waals surface area contributed by atoms with Crippen LogP contribution >= 0.6 is 0 Å². The third kappa shape index (κ3) is 3.14. The van der Waals surface area contributed by atoms with Crippen LogP contribution in [-0.2, 0) is 4.79 Å². The predicted molar refractivity (Wildman–Crippen MR) is 86.4 cm³/mol. The molecule has 0 spiro atoms. The van der Waals surface area contributed by atoms with E-state index >= 15 is 0 Å². The minimum absolute atomic E-state index is 0.0283. The molecule has 0 bridgehead atoms. The summed E-state index contributed by atoms with van der Waals surface area (Å²) < 4.78 is 0. The first kappa shape index (κ1) is 15.7. The van der Waals surface area contributed by atoms with Crippen LogP contribution < -0.4 is 4.90 Å². The second kappa shape index (κ2) is 6.39. The van der Waals surface area contributed by atoms with E-state index in [1.165, 1.54) is 13.0 Å². The number of anilines is 1. The quantitative estimate of drug-likeness (QED) is 0.627. The molecule has 0 heterocycles. The molecule has 0 aliphatic carbocycles. The molecule has 0 aromatic heterocycles. The van der Waals surface area contributed by atoms with Crippen molar-refractivity contribution in [3.05, 3.63) is 69.8 Å². The average molecular weight is 298 g/mol. The summed E-state index contributed by atoms with van der Waals surface area (Å²) in [6.45, 7) is 1.46. The van der Waals surface area contributed by atoms with Crippen molar-refractivity contribution in [2.24, 2.45) is 0 Å². The van der Waals surface area contributed by atoms with Crippen LogP contribution in [0.2, 0.25) is 0 Å². The van der Waals surface area contributed by atoms with Gasteiger partial charge in [0.1, 0.15) is 5.78 Å². The second-order valence-corrected chi connectivity index (χ2v) is 5.35. The summed E-state index contributed by atoms with van der Waals surface area (Å²) in [6, 6.07) is 13.9. The smallest absolute Gasteiger partial charge is 0.273 e. The van der Waals surface area contributed by atoms with E-state index in [9.17, 15) is 14.9 Å². The number of nitro benzene ring substituents is 1. The lowest BCUT2D eigenvalue weighted by Crippen LogP contribution is -2.13. The standard InChI is InChI=1S/C17H18N2O3/c1-12(20)17(13-8-10-14(11-9-13)18(2)3)15-6-4-5-7-16(15)19(21)22/h4-11,17H,1-3H3. The lowest BCUT2D eigenvalue weighted by molar-refractivity contribution is -0.385. The summed E-state index contributed by atoms with van der Waals surface area (Å²) in [5.41, 5.74) is 2.16. The molecular weight excluding hydrogens is 280 g/mol. The van der Waals surface area contributed by atoms with Gasteiger partial charge in [-0.25, -0.2) is 0 Å². The van der Waals surface area contributed by atoms with Crippen molar-refractivity contribution >= 4 is 17.2 Å². The number of nitro groups is 1. The van der Waals surface area contributed by atoms with Gasteiger partial charge in [0.2, 0.25) is 0 Å². The third-order valence-electron chi connectivity index (χ3n) is 3.59. The van der Waals surface area contributed by atoms with E-state index in [1.54, 1.807) is 18.2 Å². The Morgan fingerprint density at radius 3 is 2.18 bits per heavy atom. The van der Waals surface area contributed by atoms with Crippen LogP contribution in [0.1, 0.15) is 24.0 Å². The number of para-hydroxylation sites is 1. The van der Waals surface area contributed by atoms with Gasteiger partial charge in [-0.3, -0.25) is 14.9 Å². The lowest BCUT2D eigenvalue weighted by Gasteiger charge is -2.17. The van der Waals surface area contributed by atoms with Crippen LogP contribution in [0.5, 0.6) is 0 Å². The van der Waals surface area contributed by atoms with E-state index in [2.05, 4.69) is 0 Å². The van der Waals surface area contributed by atoms with Crippen LogP contribution in [0, 0.1) is 10.1 Å². The molecular formula is C17H18N2O3. The minimum Gasteiger partial charge on any atom is -0.378 e. The average Bonchev–Trinajstić information content (AvgIpc) is 2.48. The predicted octanol–water partition coefficient (Wildman–Crippen LogP) is 3.38. The molecule has 5 heteroatoms. The van der Waals surface area contributed by atoms with Gasteiger partial charge < -0.3 is 4.90 Å². The summed E-state index contributed by atoms with van der Waals surface area (Å²) in [4.78, 5) is 24.8. The van der Waals surface area contributed by atoms with Crippen molar-refractivity contribution in [1.82, 2.24) is 0 Å². The van der Waals surface area contributed by atoms with Crippen LogP contribution in [-0.4, -0.2) is 24.8 Å². The molecule has 0 amide bonds. The maximum absolute atomic E-state index is 12.1. The van der Waals surface area contributed by atoms with E-state index in [0.29, 0.717) is 5.56 Å². The monoisotopic (exact) mass is 298 g/mol. The van der Waals surface area contributed by atoms with E-state index in [1.807, 2.05) is 43.3 Å². The molecule has 0 saturated heterocycles. The number of rotatable bonds is 5. The number of carbonyl (C=O) groups is 1. The minimum atomic E-state index is -0.627. The van der Waals surface area contributed by atoms with Crippen LogP contribution in [0.25, 0.3) is 0 Å². The molecule has 22 heavy (non-hydrogen) atoms. The Balaban J connectivity index is 2.52. The molecule has 0 aliphatic rings. The first-order valence-corrected chi connectivity index (χ1v) is 6.93. The van der Waals surface area contributed by atoms with E-state index in [-0.39, 0.29) is 11.5 Å². The highest BCUT2D eigenvalue weighted by Gasteiger charge is 2.26. The molecule has 0 aliphatic heterocycles. The Bertz CT molecular complexity index is 693. The topological polar surface area (TPSA) is 63.5 Å². The largest absolute Gasteiger partial charge is 0.378 e. The van der Waals surface area contributed by atoms with Crippen molar-refractivity contribution in [2.75, 3.05) is 19.0 Å². The highest BCUT2D eigenvalue weighted by Crippen LogP contribution is 2.33. The molecule has 1 atom stereocenters. The Kier molecular flexibility index (Phi) is 4.56. The van der Waals surface area contributed by atoms with Crippen molar-refractivity contribution in [2.45, 2.75) is 12.8 Å². The molecule has 0 radical (unpaired) electrons. The lowest BCUT2D eigenvalue weighted by atomic mass is 9.87. The van der Waals surface area contributed by atoms with Crippen molar-refractivity contribution in [3.63, 3.8) is 0 Å². The molecule has 114 valence electrons. The zero-order valence-corrected chi connectivity index (χ0v) is 12.8. The Morgan fingerprint density at radius 1 is 1.09 bits per heavy atom. The highest BCUT2D eigenvalue weighted by atomic mass is 16.6. The van der Waals surface area contributed by atoms with Crippen molar-refractivity contribution < 1.29 is 9.72 Å². The van der Waals surface area contributed by atoms with Gasteiger partial charge in [-0.05, 0) is 24.6 Å². The van der Waals surface area contributed by atoms with Gasteiger partial charge in [-0.15, -0.1) is 0 Å². The molecule has 2 aromatic rings. The fourth-order valence-electron chi connectivity index (χ4n) is 2.50. The summed E-state index contributed by atoms with van der Waals surface area (Å²) in [7, 11) is 3.86. The maximum Gasteiger partial charge on any atom is 0.273 e. The van der Waals surface area contributed by atoms with Gasteiger partial charge in [-0.2, -0.15) is 0 Å². The van der Waals surface area contributed by atoms with E-state index in [0.717, 1.165) is 11.3 Å². The normalized spacial score (nSPS) is 11.8. The number of benzene rings is 2. The number of carbonyl (C=O) groups excluding carboxylic acids is 1. The van der Waals surface area contributed by atoms with Crippen LogP contribution in [0.3, 0.4) is 0 Å². The first-order valence-electron chi connectivity index (χ1n) is 6.93. The Labute approximate surface area is 129 Å². The molecule has 2 aromatic carbocycles. The zero-order chi connectivity index (χ0) is 16.3. The summed E-state index contributed by atoms with van der Waals surface area (Å²) in [6.07, 6.45) is 0. The Hall–Kier alpha value is -2.69. The fourth-order valence-corrected chi connectivity index (χ4v) is 2.50. The van der Waals surface area contributed by atoms with E-state index < -0.39 is 10.8 Å². The molecule has 1 unspecified atom stereocenters. The fraction of sp³-hybridized carbons (Fsp3) is 0.235. The molecule has 5 nitrogen and oxygen atoms in total.